The number of carbonyl (C=O) groups is 1. The molecule has 0 radical (unpaired) electrons. The Balaban J connectivity index is 1.96. The Labute approximate surface area is 127 Å². The monoisotopic (exact) mass is 290 g/mol. The highest BCUT2D eigenvalue weighted by Crippen LogP contribution is 2.26. The first-order valence-corrected chi connectivity index (χ1v) is 7.74. The van der Waals surface area contributed by atoms with Crippen molar-refractivity contribution in [2.45, 2.75) is 51.0 Å². The maximum atomic E-state index is 10.9. The summed E-state index contributed by atoms with van der Waals surface area (Å²) in [7, 11) is 0. The van der Waals surface area contributed by atoms with E-state index in [4.69, 9.17) is 10.5 Å². The molecule has 4 nitrogen and oxygen atoms in total. The lowest BCUT2D eigenvalue weighted by atomic mass is 9.88. The molecule has 1 aliphatic rings. The second-order valence-corrected chi connectivity index (χ2v) is 6.45. The average Bonchev–Trinajstić information content (AvgIpc) is 2.45. The van der Waals surface area contributed by atoms with Gasteiger partial charge >= 0.3 is 6.09 Å². The number of hydrogen-bond donors (Lipinski definition) is 2. The van der Waals surface area contributed by atoms with Crippen molar-refractivity contribution < 1.29 is 9.53 Å². The lowest BCUT2D eigenvalue weighted by Crippen LogP contribution is -2.31. The van der Waals surface area contributed by atoms with E-state index in [9.17, 15) is 4.79 Å². The van der Waals surface area contributed by atoms with Crippen LogP contribution in [0.1, 0.15) is 50.2 Å². The van der Waals surface area contributed by atoms with Crippen molar-refractivity contribution in [2.24, 2.45) is 5.73 Å². The van der Waals surface area contributed by atoms with Gasteiger partial charge in [-0.3, -0.25) is 0 Å². The molecular formula is C17H26N2O2. The summed E-state index contributed by atoms with van der Waals surface area (Å²) in [5.41, 5.74) is 7.32. The molecule has 0 atom stereocenters. The summed E-state index contributed by atoms with van der Waals surface area (Å²) in [4.78, 5) is 10.9. The maximum absolute atomic E-state index is 10.9. The number of rotatable bonds is 5. The third kappa shape index (κ3) is 5.05. The molecule has 1 aromatic rings. The molecule has 1 aliphatic heterocycles. The van der Waals surface area contributed by atoms with Crippen molar-refractivity contribution in [2.75, 3.05) is 13.1 Å². The number of piperidine rings is 1. The minimum atomic E-state index is -0.705. The van der Waals surface area contributed by atoms with Gasteiger partial charge in [-0.25, -0.2) is 4.79 Å². The fourth-order valence-electron chi connectivity index (χ4n) is 2.93. The molecule has 21 heavy (non-hydrogen) atoms. The molecule has 1 fully saturated rings. The zero-order valence-corrected chi connectivity index (χ0v) is 13.0. The molecule has 0 aliphatic carbocycles. The quantitative estimate of drug-likeness (QED) is 0.876. The predicted octanol–water partition coefficient (Wildman–Crippen LogP) is 2.96. The van der Waals surface area contributed by atoms with Crippen LogP contribution in [0, 0.1) is 0 Å². The molecule has 1 amide bonds. The van der Waals surface area contributed by atoms with Gasteiger partial charge in [0.15, 0.2) is 0 Å². The van der Waals surface area contributed by atoms with Crippen molar-refractivity contribution >= 4 is 6.09 Å². The minimum absolute atomic E-state index is 0.517. The normalized spacial score (nSPS) is 16.7. The van der Waals surface area contributed by atoms with Crippen LogP contribution in [0.25, 0.3) is 0 Å². The number of ether oxygens (including phenoxy) is 1. The highest BCUT2D eigenvalue weighted by molar-refractivity contribution is 5.65. The van der Waals surface area contributed by atoms with Crippen molar-refractivity contribution in [3.8, 4) is 0 Å². The van der Waals surface area contributed by atoms with Crippen molar-refractivity contribution in [3.05, 3.63) is 35.4 Å². The molecule has 0 aromatic heterocycles. The first-order chi connectivity index (χ1) is 9.96. The van der Waals surface area contributed by atoms with Crippen LogP contribution in [0.4, 0.5) is 4.79 Å². The molecule has 116 valence electrons. The minimum Gasteiger partial charge on any atom is -0.444 e. The van der Waals surface area contributed by atoms with Gasteiger partial charge in [0.2, 0.25) is 0 Å². The first-order valence-electron chi connectivity index (χ1n) is 7.74. The summed E-state index contributed by atoms with van der Waals surface area (Å²) in [6, 6.07) is 8.81. The van der Waals surface area contributed by atoms with E-state index in [1.54, 1.807) is 0 Å². The van der Waals surface area contributed by atoms with Gasteiger partial charge in [0, 0.05) is 0 Å². The average molecular weight is 290 g/mol. The number of carbonyl (C=O) groups excluding carboxylic acids is 1. The fraction of sp³-hybridized carbons (Fsp3) is 0.588. The lowest BCUT2D eigenvalue weighted by Gasteiger charge is -2.25. The van der Waals surface area contributed by atoms with E-state index >= 15 is 0 Å². The van der Waals surface area contributed by atoms with Crippen LogP contribution < -0.4 is 11.1 Å². The summed E-state index contributed by atoms with van der Waals surface area (Å²) in [6.45, 7) is 6.01. The molecule has 3 N–H and O–H groups in total. The van der Waals surface area contributed by atoms with E-state index in [0.29, 0.717) is 5.92 Å². The molecular weight excluding hydrogens is 264 g/mol. The van der Waals surface area contributed by atoms with Gasteiger partial charge in [-0.05, 0) is 69.7 Å². The third-order valence-corrected chi connectivity index (χ3v) is 4.15. The Morgan fingerprint density at radius 2 is 2.10 bits per heavy atom. The molecule has 0 bridgehead atoms. The van der Waals surface area contributed by atoms with Crippen LogP contribution in [-0.4, -0.2) is 24.8 Å². The number of nitrogens with one attached hydrogen (secondary N) is 1. The smallest absolute Gasteiger partial charge is 0.405 e. The van der Waals surface area contributed by atoms with Gasteiger partial charge in [0.05, 0.1) is 0 Å². The zero-order valence-electron chi connectivity index (χ0n) is 13.0. The number of hydrogen-bond acceptors (Lipinski definition) is 3. The molecule has 4 heteroatoms. The Morgan fingerprint density at radius 1 is 1.38 bits per heavy atom. The van der Waals surface area contributed by atoms with E-state index in [2.05, 4.69) is 29.6 Å². The van der Waals surface area contributed by atoms with Crippen LogP contribution in [-0.2, 0) is 11.2 Å². The molecule has 1 aromatic carbocycles. The summed E-state index contributed by atoms with van der Waals surface area (Å²) in [5.74, 6) is 0.668. The van der Waals surface area contributed by atoms with E-state index < -0.39 is 11.7 Å². The van der Waals surface area contributed by atoms with E-state index in [-0.39, 0.29) is 0 Å². The molecule has 1 saturated heterocycles. The van der Waals surface area contributed by atoms with Gasteiger partial charge in [0.1, 0.15) is 5.60 Å². The predicted molar refractivity (Wildman–Crippen MR) is 84.4 cm³/mol. The van der Waals surface area contributed by atoms with Crippen LogP contribution >= 0.6 is 0 Å². The van der Waals surface area contributed by atoms with Crippen LogP contribution in [0.2, 0.25) is 0 Å². The maximum Gasteiger partial charge on any atom is 0.405 e. The second-order valence-electron chi connectivity index (χ2n) is 6.45. The summed E-state index contributed by atoms with van der Waals surface area (Å²) < 4.78 is 5.14. The van der Waals surface area contributed by atoms with E-state index in [1.165, 1.54) is 24.0 Å². The Morgan fingerprint density at radius 3 is 2.76 bits per heavy atom. The third-order valence-electron chi connectivity index (χ3n) is 4.15. The number of primary amides is 1. The topological polar surface area (TPSA) is 64.3 Å². The second kappa shape index (κ2) is 6.94. The number of aryl methyl sites for hydroxylation is 1. The Hall–Kier alpha value is -1.55. The van der Waals surface area contributed by atoms with Crippen molar-refractivity contribution in [1.82, 2.24) is 5.32 Å². The number of benzene rings is 1. The highest BCUT2D eigenvalue weighted by atomic mass is 16.6. The fourth-order valence-corrected chi connectivity index (χ4v) is 2.93. The van der Waals surface area contributed by atoms with Crippen molar-refractivity contribution in [1.29, 1.82) is 0 Å². The van der Waals surface area contributed by atoms with Gasteiger partial charge in [-0.1, -0.05) is 24.3 Å². The number of nitrogens with two attached hydrogens (primary N) is 1. The summed E-state index contributed by atoms with van der Waals surface area (Å²) in [6.07, 6.45) is 3.37. The van der Waals surface area contributed by atoms with Crippen LogP contribution in [0.3, 0.4) is 0 Å². The SMILES string of the molecule is CC(C)(CCc1cccc(C2CCNCC2)c1)OC(N)=O. The van der Waals surface area contributed by atoms with E-state index in [1.807, 2.05) is 13.8 Å². The van der Waals surface area contributed by atoms with Crippen LogP contribution in [0.15, 0.2) is 24.3 Å². The van der Waals surface area contributed by atoms with Crippen LogP contribution in [0.5, 0.6) is 0 Å². The van der Waals surface area contributed by atoms with Gasteiger partial charge in [-0.15, -0.1) is 0 Å². The molecule has 0 saturated carbocycles. The summed E-state index contributed by atoms with van der Waals surface area (Å²) >= 11 is 0. The van der Waals surface area contributed by atoms with Crippen molar-refractivity contribution in [3.63, 3.8) is 0 Å². The Bertz CT molecular complexity index is 479. The molecule has 1 heterocycles. The number of amides is 1. The molecule has 0 spiro atoms. The lowest BCUT2D eigenvalue weighted by molar-refractivity contribution is 0.0394. The standard InChI is InChI=1S/C17H26N2O2/c1-17(2,21-16(18)20)9-6-13-4-3-5-15(12-13)14-7-10-19-11-8-14/h3-5,12,14,19H,6-11H2,1-2H3,(H2,18,20). The summed E-state index contributed by atoms with van der Waals surface area (Å²) in [5, 5.41) is 3.40. The van der Waals surface area contributed by atoms with Gasteiger partial charge in [0.25, 0.3) is 0 Å². The molecule has 2 rings (SSSR count). The van der Waals surface area contributed by atoms with E-state index in [0.717, 1.165) is 25.9 Å². The zero-order chi connectivity index (χ0) is 15.3. The van der Waals surface area contributed by atoms with Gasteiger partial charge < -0.3 is 15.8 Å². The van der Waals surface area contributed by atoms with Gasteiger partial charge in [-0.2, -0.15) is 0 Å². The largest absolute Gasteiger partial charge is 0.444 e. The molecule has 0 unspecified atom stereocenters. The Kier molecular flexibility index (Phi) is 5.23. The first kappa shape index (κ1) is 15.8. The highest BCUT2D eigenvalue weighted by Gasteiger charge is 2.21.